The van der Waals surface area contributed by atoms with Crippen molar-refractivity contribution >= 4 is 22.9 Å². The molecule has 7 heteroatoms. The van der Waals surface area contributed by atoms with Gasteiger partial charge in [-0.05, 0) is 42.7 Å². The fourth-order valence-corrected chi connectivity index (χ4v) is 5.77. The smallest absolute Gasteiger partial charge is 0.224 e. The van der Waals surface area contributed by atoms with Crippen molar-refractivity contribution in [3.05, 3.63) is 70.7 Å². The van der Waals surface area contributed by atoms with Crippen molar-refractivity contribution in [2.45, 2.75) is 104 Å². The van der Waals surface area contributed by atoms with Gasteiger partial charge in [0.05, 0.1) is 19.1 Å². The van der Waals surface area contributed by atoms with Gasteiger partial charge in [-0.15, -0.1) is 0 Å². The van der Waals surface area contributed by atoms with Crippen LogP contribution >= 0.6 is 11.3 Å². The van der Waals surface area contributed by atoms with Crippen molar-refractivity contribution in [2.24, 2.45) is 0 Å². The van der Waals surface area contributed by atoms with Crippen LogP contribution in [0.25, 0.3) is 0 Å². The molecule has 232 valence electrons. The molecule has 0 aliphatic carbocycles. The van der Waals surface area contributed by atoms with Gasteiger partial charge in [-0.25, -0.2) is 0 Å². The predicted octanol–water partition coefficient (Wildman–Crippen LogP) is 5.77. The number of nitrogens with zero attached hydrogens (tertiary/aromatic N) is 2. The van der Waals surface area contributed by atoms with Crippen molar-refractivity contribution < 1.29 is 35.8 Å². The molecule has 3 rings (SSSR count). The highest BCUT2D eigenvalue weighted by atomic mass is 79.9. The van der Waals surface area contributed by atoms with Crippen LogP contribution in [0.4, 0.5) is 5.69 Å². The van der Waals surface area contributed by atoms with E-state index in [9.17, 15) is 4.79 Å². The maximum atomic E-state index is 12.5. The molecule has 0 fully saturated rings. The van der Waals surface area contributed by atoms with Crippen LogP contribution in [-0.4, -0.2) is 26.2 Å². The maximum Gasteiger partial charge on any atom is 0.224 e. The molecule has 2 aromatic carbocycles. The number of anilines is 1. The molecule has 0 atom stereocenters. The second kappa shape index (κ2) is 21.3. The quantitative estimate of drug-likeness (QED) is 0.108. The lowest BCUT2D eigenvalue weighted by molar-refractivity contribution is -0.683. The van der Waals surface area contributed by atoms with E-state index in [1.165, 1.54) is 76.2 Å². The highest BCUT2D eigenvalue weighted by molar-refractivity contribution is 7.07. The molecule has 0 aliphatic rings. The molecule has 42 heavy (non-hydrogen) atoms. The fourth-order valence-electron chi connectivity index (χ4n) is 5.17. The van der Waals surface area contributed by atoms with E-state index in [0.29, 0.717) is 13.2 Å². The first kappa shape index (κ1) is 35.8. The number of amides is 1. The number of carbonyl (C=O) groups is 1. The Labute approximate surface area is 269 Å². The number of methoxy groups -OCH3 is 1. The summed E-state index contributed by atoms with van der Waals surface area (Å²) in [6.45, 7) is 6.05. The zero-order chi connectivity index (χ0) is 29.1. The number of hydrogen-bond acceptors (Lipinski definition) is 4. The van der Waals surface area contributed by atoms with E-state index in [4.69, 9.17) is 9.47 Å². The van der Waals surface area contributed by atoms with Crippen LogP contribution in [-0.2, 0) is 17.8 Å². The molecule has 0 spiro atoms. The van der Waals surface area contributed by atoms with Crippen LogP contribution in [0.2, 0.25) is 0 Å². The molecule has 0 bridgehead atoms. The first-order chi connectivity index (χ1) is 20.1. The minimum Gasteiger partial charge on any atom is -1.00 e. The minimum absolute atomic E-state index is 0. The van der Waals surface area contributed by atoms with Crippen molar-refractivity contribution in [1.29, 1.82) is 0 Å². The zero-order valence-electron chi connectivity index (χ0n) is 26.0. The number of carbonyl (C=O) groups excluding carboxylic acids is 1. The lowest BCUT2D eigenvalue weighted by Crippen LogP contribution is -3.00. The van der Waals surface area contributed by atoms with Crippen molar-refractivity contribution in [1.82, 2.24) is 0 Å². The number of rotatable bonds is 21. The molecular formula is C35H51BrN2O3S. The van der Waals surface area contributed by atoms with Crippen LogP contribution in [0.5, 0.6) is 11.5 Å². The van der Waals surface area contributed by atoms with Gasteiger partial charge in [0.1, 0.15) is 0 Å². The third-order valence-electron chi connectivity index (χ3n) is 7.63. The van der Waals surface area contributed by atoms with E-state index < -0.39 is 0 Å². The maximum absolute atomic E-state index is 12.5. The Hall–Kier alpha value is -2.38. The van der Waals surface area contributed by atoms with E-state index in [1.54, 1.807) is 25.4 Å². The van der Waals surface area contributed by atoms with E-state index in [-0.39, 0.29) is 22.9 Å². The first-order valence-electron chi connectivity index (χ1n) is 15.7. The summed E-state index contributed by atoms with van der Waals surface area (Å²) in [6, 6.07) is 14.4. The summed E-state index contributed by atoms with van der Waals surface area (Å²) in [5.41, 5.74) is 5.37. The van der Waals surface area contributed by atoms with E-state index in [0.717, 1.165) is 42.1 Å². The molecule has 1 amide bonds. The largest absolute Gasteiger partial charge is 1.00 e. The average Bonchev–Trinajstić information content (AvgIpc) is 3.49. The average molecular weight is 660 g/mol. The Morgan fingerprint density at radius 3 is 2.02 bits per heavy atom. The van der Waals surface area contributed by atoms with Gasteiger partial charge >= 0.3 is 0 Å². The predicted molar refractivity (Wildman–Crippen MR) is 171 cm³/mol. The number of benzene rings is 2. The second-order valence-corrected chi connectivity index (χ2v) is 11.8. The lowest BCUT2D eigenvalue weighted by Gasteiger charge is -2.22. The third kappa shape index (κ3) is 13.3. The summed E-state index contributed by atoms with van der Waals surface area (Å²) in [7, 11) is 1.68. The van der Waals surface area contributed by atoms with Crippen molar-refractivity contribution in [3.8, 4) is 11.5 Å². The Morgan fingerprint density at radius 1 is 0.833 bits per heavy atom. The number of hydrogen-bond donors (Lipinski definition) is 0. The van der Waals surface area contributed by atoms with Crippen LogP contribution in [0.15, 0.2) is 59.6 Å². The Morgan fingerprint density at radius 2 is 1.45 bits per heavy atom. The molecule has 0 saturated heterocycles. The van der Waals surface area contributed by atoms with Gasteiger partial charge in [-0.1, -0.05) is 107 Å². The normalized spacial score (nSPS) is 10.7. The highest BCUT2D eigenvalue weighted by Gasteiger charge is 2.14. The van der Waals surface area contributed by atoms with Gasteiger partial charge in [0, 0.05) is 24.7 Å². The van der Waals surface area contributed by atoms with E-state index in [2.05, 4.69) is 52.8 Å². The van der Waals surface area contributed by atoms with Gasteiger partial charge < -0.3 is 31.4 Å². The second-order valence-electron chi connectivity index (χ2n) is 11.0. The standard InChI is InChI=1S/C35H51N2O3S.BrH/c1-4-5-6-7-8-9-10-11-12-13-14-15-25-40-35-27-31(18-21-34(35)39-3)22-23-37(30(2)38)33-19-16-32(17-20-33)28-36-24-26-41-29-36;/h16-21,24,26-27,29H,4-15,22-23,25,28H2,1-3H3;1H/q+1;/p-1. The molecule has 0 saturated carbocycles. The molecule has 0 aliphatic heterocycles. The summed E-state index contributed by atoms with van der Waals surface area (Å²) in [5, 5.41) is 2.07. The molecule has 3 aromatic rings. The van der Waals surface area contributed by atoms with E-state index >= 15 is 0 Å². The van der Waals surface area contributed by atoms with Crippen LogP contribution in [0.3, 0.4) is 0 Å². The monoisotopic (exact) mass is 658 g/mol. The van der Waals surface area contributed by atoms with Crippen molar-refractivity contribution in [2.75, 3.05) is 25.2 Å². The van der Waals surface area contributed by atoms with Gasteiger partial charge in [-0.3, -0.25) is 4.79 Å². The highest BCUT2D eigenvalue weighted by Crippen LogP contribution is 2.29. The molecule has 1 aromatic heterocycles. The van der Waals surface area contributed by atoms with E-state index in [1.807, 2.05) is 23.1 Å². The molecular weight excluding hydrogens is 608 g/mol. The molecule has 0 radical (unpaired) electrons. The first-order valence-corrected chi connectivity index (χ1v) is 16.6. The van der Waals surface area contributed by atoms with Crippen LogP contribution < -0.4 is 35.9 Å². The number of thiazole rings is 1. The molecule has 1 heterocycles. The summed E-state index contributed by atoms with van der Waals surface area (Å²) in [4.78, 5) is 14.3. The summed E-state index contributed by atoms with van der Waals surface area (Å²) >= 11 is 1.68. The number of aromatic nitrogens is 1. The van der Waals surface area contributed by atoms with Gasteiger partial charge in [0.25, 0.3) is 0 Å². The van der Waals surface area contributed by atoms with Crippen LogP contribution in [0, 0.1) is 0 Å². The number of unbranched alkanes of at least 4 members (excludes halogenated alkanes) is 11. The summed E-state index contributed by atoms with van der Waals surface area (Å²) < 4.78 is 13.9. The number of ether oxygens (including phenoxy) is 2. The van der Waals surface area contributed by atoms with Crippen molar-refractivity contribution in [3.63, 3.8) is 0 Å². The topological polar surface area (TPSA) is 42.7 Å². The molecule has 5 nitrogen and oxygen atoms in total. The number of halogens is 1. The zero-order valence-corrected chi connectivity index (χ0v) is 28.4. The minimum atomic E-state index is 0. The van der Waals surface area contributed by atoms with Gasteiger partial charge in [0.15, 0.2) is 24.2 Å². The van der Waals surface area contributed by atoms with Crippen LogP contribution in [0.1, 0.15) is 102 Å². The Bertz CT molecular complexity index is 1120. The van der Waals surface area contributed by atoms with Gasteiger partial charge in [0.2, 0.25) is 11.4 Å². The summed E-state index contributed by atoms with van der Waals surface area (Å²) in [5.74, 6) is 1.59. The van der Waals surface area contributed by atoms with Gasteiger partial charge in [-0.2, -0.15) is 4.57 Å². The molecule has 0 N–H and O–H groups in total. The SMILES string of the molecule is CCCCCCCCCCCCCCOc1cc(CCN(C(C)=O)c2ccc(C[n+]3ccsc3)cc2)ccc1OC.[Br-]. The third-order valence-corrected chi connectivity index (χ3v) is 8.30. The Kier molecular flexibility index (Phi) is 18.2. The Balaban J connectivity index is 0.00000616. The fraction of sp³-hybridized carbons (Fsp3) is 0.543. The lowest BCUT2D eigenvalue weighted by atomic mass is 10.1. The summed E-state index contributed by atoms with van der Waals surface area (Å²) in [6.07, 6.45) is 18.8. The molecule has 0 unspecified atom stereocenters.